The summed E-state index contributed by atoms with van der Waals surface area (Å²) in [7, 11) is -5.07. The molecule has 1 rings (SSSR count). The van der Waals surface area contributed by atoms with E-state index in [0.29, 0.717) is 25.7 Å². The summed E-state index contributed by atoms with van der Waals surface area (Å²) in [6, 6.07) is 0. The number of halogens is 7. The van der Waals surface area contributed by atoms with Gasteiger partial charge in [-0.1, -0.05) is 25.7 Å². The first-order chi connectivity index (χ1) is 10.8. The smallest absolute Gasteiger partial charge is 0.459 e. The fourth-order valence-corrected chi connectivity index (χ4v) is 3.17. The molecule has 1 aliphatic rings. The zero-order chi connectivity index (χ0) is 18.6. The molecule has 144 valence electrons. The number of phosphoric acid groups is 1. The van der Waals surface area contributed by atoms with Gasteiger partial charge in [-0.3, -0.25) is 4.57 Å². The van der Waals surface area contributed by atoms with Crippen molar-refractivity contribution in [3.05, 3.63) is 0 Å². The largest absolute Gasteiger partial charge is 0.756 e. The summed E-state index contributed by atoms with van der Waals surface area (Å²) in [4.78, 5) is 11.5. The molecule has 0 radical (unpaired) electrons. The van der Waals surface area contributed by atoms with E-state index in [9.17, 15) is 40.2 Å². The van der Waals surface area contributed by atoms with Crippen LogP contribution in [0.3, 0.4) is 0 Å². The van der Waals surface area contributed by atoms with Gasteiger partial charge < -0.3 is 13.9 Å². The Kier molecular flexibility index (Phi) is 7.12. The molecule has 0 spiro atoms. The Morgan fingerprint density at radius 3 is 2.08 bits per heavy atom. The minimum absolute atomic E-state index is 0.151. The van der Waals surface area contributed by atoms with Gasteiger partial charge in [0.25, 0.3) is 7.82 Å². The molecule has 1 saturated heterocycles. The van der Waals surface area contributed by atoms with E-state index in [1.54, 1.807) is 0 Å². The van der Waals surface area contributed by atoms with Crippen molar-refractivity contribution in [2.24, 2.45) is 0 Å². The van der Waals surface area contributed by atoms with Crippen LogP contribution in [0, 0.1) is 0 Å². The second-order valence-corrected chi connectivity index (χ2v) is 6.91. The molecule has 1 aliphatic heterocycles. The summed E-state index contributed by atoms with van der Waals surface area (Å²) in [5, 5.41) is 0. The highest BCUT2D eigenvalue weighted by molar-refractivity contribution is 7.45. The molecule has 0 aromatic heterocycles. The lowest BCUT2D eigenvalue weighted by Crippen LogP contribution is -2.53. The lowest BCUT2D eigenvalue weighted by molar-refractivity contribution is -0.358. The van der Waals surface area contributed by atoms with E-state index < -0.39 is 44.8 Å². The van der Waals surface area contributed by atoms with E-state index >= 15 is 0 Å². The van der Waals surface area contributed by atoms with Gasteiger partial charge in [0.05, 0.1) is 12.7 Å². The molecular formula is C12H17F7O4P-. The molecule has 0 aliphatic carbocycles. The van der Waals surface area contributed by atoms with E-state index in [1.807, 2.05) is 0 Å². The van der Waals surface area contributed by atoms with Crippen LogP contribution in [0.2, 0.25) is 0 Å². The Morgan fingerprint density at radius 2 is 1.50 bits per heavy atom. The van der Waals surface area contributed by atoms with E-state index in [-0.39, 0.29) is 13.0 Å². The van der Waals surface area contributed by atoms with Crippen molar-refractivity contribution < 1.29 is 49.2 Å². The van der Waals surface area contributed by atoms with Crippen molar-refractivity contribution in [1.29, 1.82) is 0 Å². The molecule has 0 saturated carbocycles. The molecule has 1 heterocycles. The summed E-state index contributed by atoms with van der Waals surface area (Å²) < 4.78 is 109. The van der Waals surface area contributed by atoms with Crippen LogP contribution in [0.4, 0.5) is 30.7 Å². The van der Waals surface area contributed by atoms with Gasteiger partial charge in [0.15, 0.2) is 0 Å². The molecule has 0 bridgehead atoms. The monoisotopic (exact) mass is 389 g/mol. The van der Waals surface area contributed by atoms with Gasteiger partial charge in [-0.05, 0) is 12.8 Å². The van der Waals surface area contributed by atoms with Crippen LogP contribution in [0.15, 0.2) is 0 Å². The van der Waals surface area contributed by atoms with Crippen molar-refractivity contribution >= 4 is 7.82 Å². The minimum atomic E-state index is -6.47. The van der Waals surface area contributed by atoms with Gasteiger partial charge in [0, 0.05) is 6.42 Å². The van der Waals surface area contributed by atoms with Gasteiger partial charge in [-0.15, -0.1) is 0 Å². The number of phosphoric ester groups is 1. The zero-order valence-electron chi connectivity index (χ0n) is 12.5. The molecule has 0 aromatic rings. The zero-order valence-corrected chi connectivity index (χ0v) is 13.4. The minimum Gasteiger partial charge on any atom is -0.756 e. The van der Waals surface area contributed by atoms with E-state index in [4.69, 9.17) is 0 Å². The summed E-state index contributed by atoms with van der Waals surface area (Å²) in [6.45, 7) is -0.275. The molecular weight excluding hydrogens is 372 g/mol. The lowest BCUT2D eigenvalue weighted by Gasteiger charge is -2.33. The van der Waals surface area contributed by atoms with Crippen molar-refractivity contribution in [3.63, 3.8) is 0 Å². The van der Waals surface area contributed by atoms with Crippen LogP contribution < -0.4 is 4.89 Å². The molecule has 2 atom stereocenters. The van der Waals surface area contributed by atoms with Gasteiger partial charge in [-0.25, -0.2) is 0 Å². The fraction of sp³-hybridized carbons (Fsp3) is 1.00. The number of alkyl halides is 7. The van der Waals surface area contributed by atoms with Crippen molar-refractivity contribution in [2.75, 3.05) is 6.61 Å². The number of hydrogen-bond donors (Lipinski definition) is 0. The molecule has 0 N–H and O–H groups in total. The molecule has 12 heteroatoms. The Labute approximate surface area is 133 Å². The van der Waals surface area contributed by atoms with Crippen molar-refractivity contribution in [2.45, 2.75) is 69.1 Å². The molecule has 0 amide bonds. The first-order valence-electron chi connectivity index (χ1n) is 7.25. The standard InChI is InChI=1S/C12H18F7O4P/c13-10(14,11(15,16)12(17,18)19)8-9-6-4-2-1-3-5-7-22-24(20,21)23-9/h9H,1-8H2,(H,20,21)/p-1. The first-order valence-corrected chi connectivity index (χ1v) is 8.71. The maximum atomic E-state index is 13.4. The topological polar surface area (TPSA) is 58.6 Å². The molecule has 24 heavy (non-hydrogen) atoms. The van der Waals surface area contributed by atoms with Crippen LogP contribution in [0.5, 0.6) is 0 Å². The maximum Gasteiger partial charge on any atom is 0.459 e. The predicted octanol–water partition coefficient (Wildman–Crippen LogP) is 4.43. The molecule has 4 nitrogen and oxygen atoms in total. The third-order valence-electron chi connectivity index (χ3n) is 3.50. The summed E-state index contributed by atoms with van der Waals surface area (Å²) >= 11 is 0. The highest BCUT2D eigenvalue weighted by Gasteiger charge is 2.73. The summed E-state index contributed by atoms with van der Waals surface area (Å²) in [6.07, 6.45) is -8.78. The maximum absolute atomic E-state index is 13.4. The van der Waals surface area contributed by atoms with Crippen molar-refractivity contribution in [1.82, 2.24) is 0 Å². The average Bonchev–Trinajstić information content (AvgIpc) is 2.41. The third kappa shape index (κ3) is 5.86. The van der Waals surface area contributed by atoms with Crippen LogP contribution in [-0.2, 0) is 13.6 Å². The summed E-state index contributed by atoms with van der Waals surface area (Å²) in [5.74, 6) is -11.8. The second kappa shape index (κ2) is 7.88. The van der Waals surface area contributed by atoms with Gasteiger partial charge in [-0.2, -0.15) is 30.7 Å². The highest BCUT2D eigenvalue weighted by atomic mass is 31.2. The van der Waals surface area contributed by atoms with Crippen LogP contribution in [-0.4, -0.2) is 30.7 Å². The quantitative estimate of drug-likeness (QED) is 0.529. The fourth-order valence-electron chi connectivity index (χ4n) is 2.21. The Hall–Kier alpha value is -0.380. The highest BCUT2D eigenvalue weighted by Crippen LogP contribution is 2.51. The SMILES string of the molecule is O=P1([O-])OCCCCCCCC(CC(F)(F)C(F)(F)C(F)(F)F)O1. The van der Waals surface area contributed by atoms with Crippen LogP contribution >= 0.6 is 7.82 Å². The van der Waals surface area contributed by atoms with Crippen LogP contribution in [0.1, 0.15) is 44.9 Å². The Bertz CT molecular complexity index is 455. The number of hydrogen-bond acceptors (Lipinski definition) is 4. The lowest BCUT2D eigenvalue weighted by atomic mass is 9.99. The second-order valence-electron chi connectivity index (χ2n) is 5.55. The van der Waals surface area contributed by atoms with Crippen LogP contribution in [0.25, 0.3) is 0 Å². The molecule has 1 fully saturated rings. The first kappa shape index (κ1) is 21.7. The van der Waals surface area contributed by atoms with E-state index in [2.05, 4.69) is 9.05 Å². The molecule has 0 aromatic carbocycles. The summed E-state index contributed by atoms with van der Waals surface area (Å²) in [5.41, 5.74) is 0. The normalized spacial score (nSPS) is 29.1. The van der Waals surface area contributed by atoms with E-state index in [0.717, 1.165) is 0 Å². The predicted molar refractivity (Wildman–Crippen MR) is 66.7 cm³/mol. The Morgan fingerprint density at radius 1 is 0.958 bits per heavy atom. The third-order valence-corrected chi connectivity index (χ3v) is 4.55. The average molecular weight is 389 g/mol. The molecule has 2 unspecified atom stereocenters. The Balaban J connectivity index is 2.91. The van der Waals surface area contributed by atoms with E-state index in [1.165, 1.54) is 0 Å². The van der Waals surface area contributed by atoms with Crippen molar-refractivity contribution in [3.8, 4) is 0 Å². The number of rotatable bonds is 3. The van der Waals surface area contributed by atoms with Gasteiger partial charge >= 0.3 is 18.0 Å². The van der Waals surface area contributed by atoms with Gasteiger partial charge in [0.2, 0.25) is 0 Å². The van der Waals surface area contributed by atoms with Gasteiger partial charge in [0.1, 0.15) is 0 Å².